The molecule has 43 heavy (non-hydrogen) atoms. The number of aromatic nitrogens is 4. The van der Waals surface area contributed by atoms with Crippen molar-refractivity contribution in [3.63, 3.8) is 0 Å². The number of hydrogen-bond acceptors (Lipinski definition) is 8. The number of carboxylic acids is 1. The molecule has 0 amide bonds. The van der Waals surface area contributed by atoms with Crippen LogP contribution in [0, 0.1) is 6.92 Å². The minimum absolute atomic E-state index is 0.149. The van der Waals surface area contributed by atoms with Crippen molar-refractivity contribution in [1.29, 1.82) is 0 Å². The number of hydrogen-bond donors (Lipinski definition) is 3. The van der Waals surface area contributed by atoms with Gasteiger partial charge < -0.3 is 9.84 Å². The molecule has 13 heteroatoms. The Labute approximate surface area is 261 Å². The molecule has 2 aromatic heterocycles. The molecule has 0 saturated carbocycles. The predicted molar refractivity (Wildman–Crippen MR) is 166 cm³/mol. The molecule has 2 aliphatic rings. The van der Waals surface area contributed by atoms with E-state index in [2.05, 4.69) is 21.4 Å². The first kappa shape index (κ1) is 30.1. The van der Waals surface area contributed by atoms with Gasteiger partial charge in [-0.2, -0.15) is 4.31 Å². The third-order valence-corrected chi connectivity index (χ3v) is 10.9. The molecule has 0 fully saturated rings. The molecule has 228 valence electrons. The van der Waals surface area contributed by atoms with Crippen molar-refractivity contribution in [3.8, 4) is 5.88 Å². The number of rotatable bonds is 7. The van der Waals surface area contributed by atoms with E-state index in [-0.39, 0.29) is 41.4 Å². The van der Waals surface area contributed by atoms with Gasteiger partial charge in [0.2, 0.25) is 5.88 Å². The monoisotopic (exact) mass is 645 g/mol. The number of benzene rings is 2. The van der Waals surface area contributed by atoms with Gasteiger partial charge in [0.05, 0.1) is 23.0 Å². The molecule has 1 aliphatic heterocycles. The summed E-state index contributed by atoms with van der Waals surface area (Å²) in [6.45, 7) is 4.39. The van der Waals surface area contributed by atoms with Crippen molar-refractivity contribution in [2.45, 2.75) is 69.4 Å². The molecule has 6 rings (SSSR count). The summed E-state index contributed by atoms with van der Waals surface area (Å²) in [5.74, 6) is -1.27. The number of pyridine rings is 1. The lowest BCUT2D eigenvalue weighted by Gasteiger charge is -2.42. The van der Waals surface area contributed by atoms with Gasteiger partial charge in [0, 0.05) is 25.7 Å². The van der Waals surface area contributed by atoms with E-state index in [0.29, 0.717) is 22.5 Å². The van der Waals surface area contributed by atoms with E-state index in [1.807, 2.05) is 26.0 Å². The van der Waals surface area contributed by atoms with Gasteiger partial charge in [0.25, 0.3) is 0 Å². The highest BCUT2D eigenvalue weighted by atomic mass is 35.5. The van der Waals surface area contributed by atoms with Gasteiger partial charge in [0.15, 0.2) is 0 Å². The lowest BCUT2D eigenvalue weighted by atomic mass is 9.83. The average Bonchev–Trinajstić information content (AvgIpc) is 3.58. The van der Waals surface area contributed by atoms with Crippen LogP contribution in [0.25, 0.3) is 11.0 Å². The van der Waals surface area contributed by atoms with E-state index in [1.165, 1.54) is 12.3 Å². The van der Waals surface area contributed by atoms with Crippen LogP contribution in [0.2, 0.25) is 10.0 Å². The predicted octanol–water partition coefficient (Wildman–Crippen LogP) is 6.77. The van der Waals surface area contributed by atoms with Crippen LogP contribution in [0.1, 0.15) is 65.5 Å². The lowest BCUT2D eigenvalue weighted by Crippen LogP contribution is -2.34. The molecule has 4 aromatic rings. The molecule has 2 aromatic carbocycles. The van der Waals surface area contributed by atoms with Gasteiger partial charge in [-0.3, -0.25) is 13.9 Å². The fraction of sp³-hybridized carbons (Fsp3) is 0.400. The van der Waals surface area contributed by atoms with Crippen LogP contribution in [0.3, 0.4) is 0 Å². The molecule has 0 unspecified atom stereocenters. The summed E-state index contributed by atoms with van der Waals surface area (Å²) in [6, 6.07) is 7.45. The van der Waals surface area contributed by atoms with Crippen LogP contribution in [0.15, 0.2) is 35.4 Å². The fourth-order valence-electron chi connectivity index (χ4n) is 6.35. The fourth-order valence-corrected chi connectivity index (χ4v) is 8.50. The Balaban J connectivity index is 1.46. The number of carboxylic acid groups (broad SMARTS) is 1. The van der Waals surface area contributed by atoms with Gasteiger partial charge >= 0.3 is 5.97 Å². The minimum atomic E-state index is -3.51. The Hall–Kier alpha value is -2.93. The minimum Gasteiger partial charge on any atom is -0.481 e. The number of carbonyl (C=O) groups is 1. The van der Waals surface area contributed by atoms with Crippen molar-refractivity contribution >= 4 is 51.0 Å². The zero-order valence-corrected chi connectivity index (χ0v) is 26.4. The van der Waals surface area contributed by atoms with Crippen molar-refractivity contribution in [2.24, 2.45) is 7.05 Å². The van der Waals surface area contributed by atoms with Crippen molar-refractivity contribution in [3.05, 3.63) is 73.9 Å². The third-order valence-electron chi connectivity index (χ3n) is 8.54. The van der Waals surface area contributed by atoms with E-state index >= 15 is 0 Å². The maximum Gasteiger partial charge on any atom is 0.304 e. The largest absolute Gasteiger partial charge is 0.481 e. The van der Waals surface area contributed by atoms with Crippen LogP contribution in [0.5, 0.6) is 5.88 Å². The van der Waals surface area contributed by atoms with E-state index in [0.717, 1.165) is 52.6 Å². The molecule has 0 saturated heterocycles. The highest BCUT2D eigenvalue weighted by Crippen LogP contribution is 2.58. The van der Waals surface area contributed by atoms with Crippen molar-refractivity contribution < 1.29 is 23.7 Å². The topological polar surface area (TPSA) is 134 Å². The second-order valence-electron chi connectivity index (χ2n) is 11.3. The lowest BCUT2D eigenvalue weighted by molar-refractivity contribution is -0.137. The summed E-state index contributed by atoms with van der Waals surface area (Å²) in [5.41, 5.74) is 7.00. The molecule has 3 heterocycles. The molecule has 1 aliphatic carbocycles. The van der Waals surface area contributed by atoms with Gasteiger partial charge in [0.1, 0.15) is 22.0 Å². The van der Waals surface area contributed by atoms with E-state index < -0.39 is 22.7 Å². The van der Waals surface area contributed by atoms with Crippen molar-refractivity contribution in [1.82, 2.24) is 24.3 Å². The Morgan fingerprint density at radius 1 is 1.21 bits per heavy atom. The molecule has 3 N–H and O–H groups in total. The van der Waals surface area contributed by atoms with Crippen molar-refractivity contribution in [2.75, 3.05) is 6.54 Å². The highest BCUT2D eigenvalue weighted by Gasteiger charge is 2.37. The quantitative estimate of drug-likeness (QED) is 0.199. The smallest absolute Gasteiger partial charge is 0.304 e. The molecule has 2 atom stereocenters. The first-order valence-electron chi connectivity index (χ1n) is 14.2. The number of ether oxygens (including phenoxy) is 1. The normalized spacial score (nSPS) is 19.4. The highest BCUT2D eigenvalue weighted by molar-refractivity contribution is 8.22. The molecular weight excluding hydrogens is 613 g/mol. The standard InChI is InChI=1S/C30H33Cl2N5O5S/c1-4-21-15-37(43(40,41)26-10-20(31)13-33-30(26)42-21)14-19-9-18(8-17-6-5-7-22(17)19)24(12-27(38)39)23-11-25(32)29-28(16(23)2)34-35-36(29)3/h8-11,13,21,24,40-41H,4-7,12,14-15H2,1-3H3,(H,38,39)/t21-,24+/m1/s1. The maximum absolute atomic E-state index is 12.2. The average molecular weight is 647 g/mol. The Morgan fingerprint density at radius 3 is 2.74 bits per heavy atom. The third kappa shape index (κ3) is 5.47. The summed E-state index contributed by atoms with van der Waals surface area (Å²) in [7, 11) is -1.74. The Bertz CT molecular complexity index is 1750. The summed E-state index contributed by atoms with van der Waals surface area (Å²) in [4.78, 5) is 16.6. The zero-order valence-electron chi connectivity index (χ0n) is 24.0. The zero-order chi connectivity index (χ0) is 30.6. The summed E-state index contributed by atoms with van der Waals surface area (Å²) >= 11 is 12.9. The maximum atomic E-state index is 12.2. The number of aliphatic carboxylic acids is 1. The first-order valence-corrected chi connectivity index (χ1v) is 16.4. The first-order chi connectivity index (χ1) is 20.5. The Morgan fingerprint density at radius 2 is 2.00 bits per heavy atom. The SMILES string of the molecule is CC[C@@H]1CN(Cc2cc([C@H](CC(=O)O)c3cc(Cl)c4c(nnn4C)c3C)cc3c2CCC3)S(O)(O)c2cc(Cl)cnc2O1. The number of fused-ring (bicyclic) bond motifs is 3. The van der Waals surface area contributed by atoms with Gasteiger partial charge in [-0.15, -0.1) is 15.9 Å². The second kappa shape index (κ2) is 11.5. The Kier molecular flexibility index (Phi) is 8.08. The molecule has 10 nitrogen and oxygen atoms in total. The van der Waals surface area contributed by atoms with E-state index in [1.54, 1.807) is 16.0 Å². The number of halogens is 2. The van der Waals surface area contributed by atoms with Crippen LogP contribution in [-0.2, 0) is 31.2 Å². The summed E-state index contributed by atoms with van der Waals surface area (Å²) in [5, 5.41) is 19.2. The van der Waals surface area contributed by atoms with E-state index in [9.17, 15) is 19.0 Å². The van der Waals surface area contributed by atoms with Gasteiger partial charge in [-0.25, -0.2) is 9.67 Å². The molecule has 0 radical (unpaired) electrons. The molecule has 0 spiro atoms. The summed E-state index contributed by atoms with van der Waals surface area (Å²) < 4.78 is 32.6. The second-order valence-corrected chi connectivity index (χ2v) is 14.1. The van der Waals surface area contributed by atoms with Gasteiger partial charge in [-0.1, -0.05) is 47.5 Å². The van der Waals surface area contributed by atoms with Gasteiger partial charge in [-0.05, 0) is 78.1 Å². The molecular formula is C30H33Cl2N5O5S. The van der Waals surface area contributed by atoms with Crippen LogP contribution < -0.4 is 4.74 Å². The van der Waals surface area contributed by atoms with E-state index in [4.69, 9.17) is 27.9 Å². The molecule has 0 bridgehead atoms. The van der Waals surface area contributed by atoms with Crippen LogP contribution >= 0.6 is 34.0 Å². The van der Waals surface area contributed by atoms with Crippen LogP contribution in [0.4, 0.5) is 0 Å². The number of nitrogens with zero attached hydrogens (tertiary/aromatic N) is 5. The van der Waals surface area contributed by atoms with Crippen LogP contribution in [-0.4, -0.2) is 57.1 Å². The number of aryl methyl sites for hydroxylation is 3. The summed E-state index contributed by atoms with van der Waals surface area (Å²) in [6.07, 6.45) is 4.28.